The number of hydrogen-bond donors (Lipinski definition) is 1. The highest BCUT2D eigenvalue weighted by molar-refractivity contribution is 5.74. The molecule has 6 heteroatoms. The van der Waals surface area contributed by atoms with Gasteiger partial charge in [-0.2, -0.15) is 0 Å². The summed E-state index contributed by atoms with van der Waals surface area (Å²) in [6, 6.07) is 9.99. The first-order valence-electron chi connectivity index (χ1n) is 8.61. The molecule has 0 aliphatic carbocycles. The number of nitrogens with one attached hydrogen (secondary N) is 1. The van der Waals surface area contributed by atoms with E-state index in [2.05, 4.69) is 5.32 Å². The topological polar surface area (TPSA) is 67.4 Å². The molecule has 25 heavy (non-hydrogen) atoms. The second kappa shape index (κ2) is 6.11. The summed E-state index contributed by atoms with van der Waals surface area (Å²) in [7, 11) is 1.67. The van der Waals surface area contributed by atoms with Crippen LogP contribution in [-0.4, -0.2) is 47.6 Å². The molecule has 0 bridgehead atoms. The molecule has 2 aliphatic heterocycles. The zero-order valence-corrected chi connectivity index (χ0v) is 14.6. The fourth-order valence-electron chi connectivity index (χ4n) is 3.86. The first-order valence-corrected chi connectivity index (χ1v) is 8.61. The molecule has 0 radical (unpaired) electrons. The van der Waals surface area contributed by atoms with Crippen molar-refractivity contribution in [2.24, 2.45) is 0 Å². The summed E-state index contributed by atoms with van der Waals surface area (Å²) in [6.45, 7) is 4.49. The van der Waals surface area contributed by atoms with Gasteiger partial charge in [-0.25, -0.2) is 14.8 Å². The number of carbonyl (C=O) groups excluding carboxylic acids is 1. The third-order valence-corrected chi connectivity index (χ3v) is 5.23. The zero-order valence-electron chi connectivity index (χ0n) is 14.6. The average Bonchev–Trinajstić information content (AvgIpc) is 3.07. The molecule has 1 unspecified atom stereocenters. The van der Waals surface area contributed by atoms with Gasteiger partial charge in [0, 0.05) is 37.0 Å². The van der Waals surface area contributed by atoms with Crippen molar-refractivity contribution in [3.8, 4) is 11.4 Å². The Hall–Kier alpha value is -2.47. The van der Waals surface area contributed by atoms with Crippen LogP contribution in [0.25, 0.3) is 11.4 Å². The molecule has 6 nitrogen and oxygen atoms in total. The Morgan fingerprint density at radius 3 is 2.84 bits per heavy atom. The summed E-state index contributed by atoms with van der Waals surface area (Å²) in [5.41, 5.74) is 3.86. The van der Waals surface area contributed by atoms with Crippen LogP contribution in [0.4, 0.5) is 4.79 Å². The maximum Gasteiger partial charge on any atom is 0.317 e. The number of aryl methyl sites for hydroxylation is 1. The van der Waals surface area contributed by atoms with Gasteiger partial charge in [0.25, 0.3) is 0 Å². The van der Waals surface area contributed by atoms with E-state index in [-0.39, 0.29) is 11.4 Å². The molecule has 1 N–H and O–H groups in total. The number of ether oxygens (including phenoxy) is 1. The van der Waals surface area contributed by atoms with Gasteiger partial charge in [0.15, 0.2) is 5.82 Å². The monoisotopic (exact) mass is 338 g/mol. The van der Waals surface area contributed by atoms with Crippen LogP contribution < -0.4 is 5.32 Å². The standard InChI is InChI=1S/C19H22N4O2/c1-13-15-10-25-12-19(8-9-23(11-19)18(24)20-2)16(15)22-17(21-13)14-6-4-3-5-7-14/h3-7H,8-12H2,1-2H3,(H,20,24). The van der Waals surface area contributed by atoms with Crippen LogP contribution >= 0.6 is 0 Å². The van der Waals surface area contributed by atoms with Crippen molar-refractivity contribution < 1.29 is 9.53 Å². The normalized spacial score (nSPS) is 22.1. The van der Waals surface area contributed by atoms with E-state index >= 15 is 0 Å². The number of amides is 2. The number of urea groups is 1. The molecule has 2 aromatic rings. The molecule has 1 fully saturated rings. The fourth-order valence-corrected chi connectivity index (χ4v) is 3.86. The molecule has 1 aromatic heterocycles. The molecule has 1 aromatic carbocycles. The van der Waals surface area contributed by atoms with E-state index in [9.17, 15) is 4.79 Å². The summed E-state index contributed by atoms with van der Waals surface area (Å²) < 4.78 is 5.88. The Balaban J connectivity index is 1.78. The van der Waals surface area contributed by atoms with Crippen LogP contribution in [0.15, 0.2) is 30.3 Å². The lowest BCUT2D eigenvalue weighted by molar-refractivity contribution is 0.0514. The molecule has 1 saturated heterocycles. The van der Waals surface area contributed by atoms with E-state index < -0.39 is 0 Å². The minimum atomic E-state index is -0.239. The van der Waals surface area contributed by atoms with E-state index in [0.717, 1.165) is 34.8 Å². The number of carbonyl (C=O) groups is 1. The van der Waals surface area contributed by atoms with E-state index in [4.69, 9.17) is 14.7 Å². The molecule has 4 rings (SSSR count). The first kappa shape index (κ1) is 16.0. The van der Waals surface area contributed by atoms with E-state index in [0.29, 0.717) is 26.3 Å². The van der Waals surface area contributed by atoms with Crippen molar-refractivity contribution in [1.82, 2.24) is 20.2 Å². The number of likely N-dealkylation sites (tertiary alicyclic amines) is 1. The highest BCUT2D eigenvalue weighted by Gasteiger charge is 2.46. The second-order valence-electron chi connectivity index (χ2n) is 6.83. The molecule has 3 heterocycles. The van der Waals surface area contributed by atoms with Crippen LogP contribution in [0.2, 0.25) is 0 Å². The van der Waals surface area contributed by atoms with Gasteiger partial charge in [0.05, 0.1) is 24.3 Å². The summed E-state index contributed by atoms with van der Waals surface area (Å²) >= 11 is 0. The van der Waals surface area contributed by atoms with Crippen LogP contribution in [0.3, 0.4) is 0 Å². The highest BCUT2D eigenvalue weighted by Crippen LogP contribution is 2.40. The Bertz CT molecular complexity index is 809. The van der Waals surface area contributed by atoms with E-state index in [1.807, 2.05) is 42.2 Å². The van der Waals surface area contributed by atoms with Crippen molar-refractivity contribution in [1.29, 1.82) is 0 Å². The molecule has 1 atom stereocenters. The van der Waals surface area contributed by atoms with Gasteiger partial charge >= 0.3 is 6.03 Å². The second-order valence-corrected chi connectivity index (χ2v) is 6.83. The van der Waals surface area contributed by atoms with Crippen LogP contribution in [0.1, 0.15) is 23.4 Å². The Kier molecular flexibility index (Phi) is 3.92. The van der Waals surface area contributed by atoms with Crippen molar-refractivity contribution in [2.75, 3.05) is 26.7 Å². The molecule has 2 aliphatic rings. The SMILES string of the molecule is CNC(=O)N1CCC2(COCc3c(C)nc(-c4ccccc4)nc32)C1. The third kappa shape index (κ3) is 2.66. The smallest absolute Gasteiger partial charge is 0.317 e. The minimum Gasteiger partial charge on any atom is -0.376 e. The molecule has 1 spiro atoms. The average molecular weight is 338 g/mol. The number of nitrogens with zero attached hydrogens (tertiary/aromatic N) is 3. The quantitative estimate of drug-likeness (QED) is 0.866. The predicted molar refractivity (Wildman–Crippen MR) is 94.2 cm³/mol. The number of hydrogen-bond acceptors (Lipinski definition) is 4. The minimum absolute atomic E-state index is 0.0435. The van der Waals surface area contributed by atoms with Gasteiger partial charge < -0.3 is 15.0 Å². The lowest BCUT2D eigenvalue weighted by Crippen LogP contribution is -2.43. The Morgan fingerprint density at radius 2 is 2.08 bits per heavy atom. The van der Waals surface area contributed by atoms with E-state index in [1.165, 1.54) is 0 Å². The third-order valence-electron chi connectivity index (χ3n) is 5.23. The summed E-state index contributed by atoms with van der Waals surface area (Å²) in [5, 5.41) is 2.71. The molecular weight excluding hydrogens is 316 g/mol. The molecule has 0 saturated carbocycles. The van der Waals surface area contributed by atoms with Gasteiger partial charge in [0.2, 0.25) is 0 Å². The van der Waals surface area contributed by atoms with Crippen LogP contribution in [0.5, 0.6) is 0 Å². The van der Waals surface area contributed by atoms with Crippen LogP contribution in [0, 0.1) is 6.92 Å². The fraction of sp³-hybridized carbons (Fsp3) is 0.421. The van der Waals surface area contributed by atoms with Gasteiger partial charge in [0.1, 0.15) is 0 Å². The van der Waals surface area contributed by atoms with Gasteiger partial charge in [-0.1, -0.05) is 30.3 Å². The largest absolute Gasteiger partial charge is 0.376 e. The van der Waals surface area contributed by atoms with Crippen molar-refractivity contribution in [2.45, 2.75) is 25.4 Å². The molecule has 2 amide bonds. The maximum atomic E-state index is 12.0. The highest BCUT2D eigenvalue weighted by atomic mass is 16.5. The maximum absolute atomic E-state index is 12.0. The number of fused-ring (bicyclic) bond motifs is 2. The predicted octanol–water partition coefficient (Wildman–Crippen LogP) is 2.27. The number of aromatic nitrogens is 2. The zero-order chi connectivity index (χ0) is 17.4. The van der Waals surface area contributed by atoms with Gasteiger partial charge in [-0.05, 0) is 13.3 Å². The number of rotatable bonds is 1. The van der Waals surface area contributed by atoms with Crippen molar-refractivity contribution in [3.63, 3.8) is 0 Å². The Labute approximate surface area is 147 Å². The summed E-state index contributed by atoms with van der Waals surface area (Å²) in [5.74, 6) is 0.747. The van der Waals surface area contributed by atoms with Crippen LogP contribution in [-0.2, 0) is 16.8 Å². The van der Waals surface area contributed by atoms with Crippen molar-refractivity contribution >= 4 is 6.03 Å². The lowest BCUT2D eigenvalue weighted by atomic mass is 9.80. The van der Waals surface area contributed by atoms with Gasteiger partial charge in [-0.15, -0.1) is 0 Å². The Morgan fingerprint density at radius 1 is 1.28 bits per heavy atom. The lowest BCUT2D eigenvalue weighted by Gasteiger charge is -2.35. The molecule has 130 valence electrons. The summed E-state index contributed by atoms with van der Waals surface area (Å²) in [6.07, 6.45) is 0.859. The first-order chi connectivity index (χ1) is 12.1. The summed E-state index contributed by atoms with van der Waals surface area (Å²) in [4.78, 5) is 23.5. The van der Waals surface area contributed by atoms with E-state index in [1.54, 1.807) is 7.05 Å². The number of benzene rings is 1. The molecular formula is C19H22N4O2. The van der Waals surface area contributed by atoms with Gasteiger partial charge in [-0.3, -0.25) is 0 Å². The van der Waals surface area contributed by atoms with Crippen molar-refractivity contribution in [3.05, 3.63) is 47.3 Å².